The van der Waals surface area contributed by atoms with Crippen LogP contribution < -0.4 is 10.2 Å². The molecule has 1 amide bonds. The summed E-state index contributed by atoms with van der Waals surface area (Å²) in [5.74, 6) is 1.54. The first kappa shape index (κ1) is 21.9. The average molecular weight is 436 g/mol. The van der Waals surface area contributed by atoms with Crippen molar-refractivity contribution in [2.75, 3.05) is 23.3 Å². The lowest BCUT2D eigenvalue weighted by atomic mass is 9.76. The number of nitrogens with zero attached hydrogens (tertiary/aromatic N) is 6. The van der Waals surface area contributed by atoms with Crippen LogP contribution >= 0.6 is 0 Å². The van der Waals surface area contributed by atoms with Gasteiger partial charge in [-0.2, -0.15) is 5.10 Å². The number of pyridine rings is 1. The van der Waals surface area contributed by atoms with Crippen LogP contribution in [-0.4, -0.2) is 54.4 Å². The third-order valence-electron chi connectivity index (χ3n) is 6.36. The largest absolute Gasteiger partial charge is 0.389 e. The van der Waals surface area contributed by atoms with Gasteiger partial charge >= 0.3 is 0 Å². The number of carbonyl (C=O) groups excluding carboxylic acids is 1. The summed E-state index contributed by atoms with van der Waals surface area (Å²) < 4.78 is 1.69. The molecule has 3 atom stereocenters. The summed E-state index contributed by atoms with van der Waals surface area (Å²) >= 11 is 0. The Hall–Kier alpha value is -3.33. The van der Waals surface area contributed by atoms with Crippen LogP contribution in [-0.2, 0) is 7.05 Å². The zero-order valence-electron chi connectivity index (χ0n) is 19.1. The number of hydrogen-bond donors (Lipinski definition) is 2. The maximum absolute atomic E-state index is 12.9. The van der Waals surface area contributed by atoms with Gasteiger partial charge in [-0.1, -0.05) is 19.9 Å². The summed E-state index contributed by atoms with van der Waals surface area (Å²) in [5.41, 5.74) is 1.08. The smallest absolute Gasteiger partial charge is 0.275 e. The minimum atomic E-state index is -0.722. The van der Waals surface area contributed by atoms with Gasteiger partial charge in [-0.25, -0.2) is 15.0 Å². The summed E-state index contributed by atoms with van der Waals surface area (Å²) in [6.07, 6.45) is 3.56. The van der Waals surface area contributed by atoms with Crippen LogP contribution in [0.5, 0.6) is 0 Å². The fourth-order valence-corrected chi connectivity index (χ4v) is 4.01. The predicted octanol–water partition coefficient (Wildman–Crippen LogP) is 2.68. The normalized spacial score (nSPS) is 23.2. The zero-order valence-corrected chi connectivity index (χ0v) is 19.1. The Morgan fingerprint density at radius 3 is 2.56 bits per heavy atom. The van der Waals surface area contributed by atoms with Crippen molar-refractivity contribution in [3.8, 4) is 11.3 Å². The van der Waals surface area contributed by atoms with Gasteiger partial charge in [-0.05, 0) is 26.0 Å². The number of anilines is 2. The van der Waals surface area contributed by atoms with E-state index in [1.807, 2.05) is 40.1 Å². The van der Waals surface area contributed by atoms with E-state index in [0.717, 1.165) is 11.4 Å². The molecule has 1 aliphatic heterocycles. The number of aromatic nitrogens is 5. The molecule has 3 aromatic heterocycles. The lowest BCUT2D eigenvalue weighted by Gasteiger charge is -2.46. The number of rotatable bonds is 4. The SMILES string of the molecule is Cc1nc(NC(=O)c2cccc(-c3cnn(C)c3)n2)cc(N2C[C@@H](C)C(C)(O)[C@@H](C)C2)n1. The van der Waals surface area contributed by atoms with Crippen LogP contribution in [0.1, 0.15) is 37.1 Å². The third-order valence-corrected chi connectivity index (χ3v) is 6.36. The van der Waals surface area contributed by atoms with Gasteiger partial charge in [0.2, 0.25) is 0 Å². The molecule has 9 heteroatoms. The Bertz CT molecular complexity index is 1130. The van der Waals surface area contributed by atoms with Crippen molar-refractivity contribution in [1.82, 2.24) is 24.7 Å². The lowest BCUT2D eigenvalue weighted by Crippen LogP contribution is -2.55. The van der Waals surface area contributed by atoms with Gasteiger partial charge in [0.25, 0.3) is 5.91 Å². The summed E-state index contributed by atoms with van der Waals surface area (Å²) in [5, 5.41) is 17.7. The molecule has 4 heterocycles. The second-order valence-corrected chi connectivity index (χ2v) is 8.86. The van der Waals surface area contributed by atoms with E-state index in [-0.39, 0.29) is 17.7 Å². The van der Waals surface area contributed by atoms with Crippen LogP contribution in [0, 0.1) is 18.8 Å². The molecule has 0 spiro atoms. The van der Waals surface area contributed by atoms with E-state index >= 15 is 0 Å². The molecule has 32 heavy (non-hydrogen) atoms. The second-order valence-electron chi connectivity index (χ2n) is 8.86. The molecule has 1 aliphatic rings. The van der Waals surface area contributed by atoms with Crippen molar-refractivity contribution in [2.24, 2.45) is 18.9 Å². The van der Waals surface area contributed by atoms with Crippen LogP contribution in [0.3, 0.4) is 0 Å². The van der Waals surface area contributed by atoms with Gasteiger partial charge in [0, 0.05) is 49.8 Å². The summed E-state index contributed by atoms with van der Waals surface area (Å²) in [6, 6.07) is 7.08. The molecule has 1 unspecified atom stereocenters. The minimum Gasteiger partial charge on any atom is -0.389 e. The van der Waals surface area contributed by atoms with E-state index in [1.165, 1.54) is 0 Å². The molecular formula is C23H29N7O2. The zero-order chi connectivity index (χ0) is 23.0. The van der Waals surface area contributed by atoms with Crippen molar-refractivity contribution in [3.63, 3.8) is 0 Å². The van der Waals surface area contributed by atoms with Gasteiger partial charge in [0.15, 0.2) is 0 Å². The number of hydrogen-bond acceptors (Lipinski definition) is 7. The highest BCUT2D eigenvalue weighted by molar-refractivity contribution is 6.02. The number of aliphatic hydroxyl groups is 1. The fraction of sp³-hybridized carbons (Fsp3) is 0.435. The highest BCUT2D eigenvalue weighted by Crippen LogP contribution is 2.34. The van der Waals surface area contributed by atoms with Crippen molar-refractivity contribution < 1.29 is 9.90 Å². The molecule has 1 saturated heterocycles. The van der Waals surface area contributed by atoms with E-state index in [2.05, 4.69) is 30.3 Å². The van der Waals surface area contributed by atoms with Crippen molar-refractivity contribution >= 4 is 17.5 Å². The Morgan fingerprint density at radius 2 is 1.91 bits per heavy atom. The molecule has 0 aromatic carbocycles. The lowest BCUT2D eigenvalue weighted by molar-refractivity contribution is -0.0504. The molecule has 0 radical (unpaired) electrons. The predicted molar refractivity (Wildman–Crippen MR) is 122 cm³/mol. The molecule has 0 bridgehead atoms. The first-order chi connectivity index (χ1) is 15.1. The summed E-state index contributed by atoms with van der Waals surface area (Å²) in [7, 11) is 1.83. The Kier molecular flexibility index (Phi) is 5.68. The molecule has 4 rings (SSSR count). The number of nitrogens with one attached hydrogen (secondary N) is 1. The first-order valence-corrected chi connectivity index (χ1v) is 10.7. The van der Waals surface area contributed by atoms with Crippen LogP contribution in [0.2, 0.25) is 0 Å². The van der Waals surface area contributed by atoms with Gasteiger partial charge < -0.3 is 15.3 Å². The Balaban J connectivity index is 1.54. The number of piperidine rings is 1. The van der Waals surface area contributed by atoms with Crippen molar-refractivity contribution in [3.05, 3.63) is 48.2 Å². The summed E-state index contributed by atoms with van der Waals surface area (Å²) in [6.45, 7) is 9.13. The molecule has 9 nitrogen and oxygen atoms in total. The molecule has 0 aliphatic carbocycles. The molecular weight excluding hydrogens is 406 g/mol. The van der Waals surface area contributed by atoms with E-state index in [9.17, 15) is 9.90 Å². The topological polar surface area (TPSA) is 109 Å². The number of aryl methyl sites for hydroxylation is 2. The van der Waals surface area contributed by atoms with Crippen molar-refractivity contribution in [1.29, 1.82) is 0 Å². The van der Waals surface area contributed by atoms with Crippen LogP contribution in [0.25, 0.3) is 11.3 Å². The summed E-state index contributed by atoms with van der Waals surface area (Å²) in [4.78, 5) is 28.5. The third kappa shape index (κ3) is 4.34. The number of carbonyl (C=O) groups is 1. The highest BCUT2D eigenvalue weighted by atomic mass is 16.3. The average Bonchev–Trinajstić information content (AvgIpc) is 3.18. The van der Waals surface area contributed by atoms with Crippen molar-refractivity contribution in [2.45, 2.75) is 33.3 Å². The second kappa shape index (κ2) is 8.31. The van der Waals surface area contributed by atoms with E-state index in [0.29, 0.717) is 36.1 Å². The standard InChI is InChI=1S/C23H29N7O2/c1-14-11-30(12-15(2)23(14,4)32)21-9-20(25-16(3)26-21)28-22(31)19-8-6-7-18(27-19)17-10-24-29(5)13-17/h6-10,13-15,32H,11-12H2,1-5H3,(H,25,26,28,31)/t14-,15+,23?. The Morgan fingerprint density at radius 1 is 1.19 bits per heavy atom. The molecule has 168 valence electrons. The van der Waals surface area contributed by atoms with Gasteiger partial charge in [-0.15, -0.1) is 0 Å². The molecule has 3 aromatic rings. The number of amides is 1. The van der Waals surface area contributed by atoms with E-state index < -0.39 is 5.60 Å². The quantitative estimate of drug-likeness (QED) is 0.648. The van der Waals surface area contributed by atoms with Crippen LogP contribution in [0.15, 0.2) is 36.7 Å². The molecule has 0 saturated carbocycles. The van der Waals surface area contributed by atoms with Gasteiger partial charge in [0.1, 0.15) is 23.2 Å². The molecule has 1 fully saturated rings. The minimum absolute atomic E-state index is 0.0824. The van der Waals surface area contributed by atoms with Gasteiger partial charge in [-0.3, -0.25) is 9.48 Å². The maximum Gasteiger partial charge on any atom is 0.275 e. The Labute approximate surface area is 187 Å². The van der Waals surface area contributed by atoms with E-state index in [4.69, 9.17) is 0 Å². The highest BCUT2D eigenvalue weighted by Gasteiger charge is 2.40. The van der Waals surface area contributed by atoms with E-state index in [1.54, 1.807) is 36.0 Å². The molecule has 2 N–H and O–H groups in total. The monoisotopic (exact) mass is 435 g/mol. The fourth-order valence-electron chi connectivity index (χ4n) is 4.01. The first-order valence-electron chi connectivity index (χ1n) is 10.7. The van der Waals surface area contributed by atoms with Crippen LogP contribution in [0.4, 0.5) is 11.6 Å². The van der Waals surface area contributed by atoms with Gasteiger partial charge in [0.05, 0.1) is 17.5 Å². The maximum atomic E-state index is 12.9.